The van der Waals surface area contributed by atoms with Gasteiger partial charge in [-0.05, 0) is 37.5 Å². The largest absolute Gasteiger partial charge is 0.472 e. The average Bonchev–Trinajstić information content (AvgIpc) is 0.915. The predicted octanol–water partition coefficient (Wildman–Crippen LogP) is 25.8. The number of rotatable bonds is 84. The summed E-state index contributed by atoms with van der Waals surface area (Å²) in [5, 5.41) is 10.7. The van der Waals surface area contributed by atoms with Crippen LogP contribution in [-0.4, -0.2) is 96.7 Å². The molecule has 17 nitrogen and oxygen atoms in total. The number of hydrogen-bond donors (Lipinski definition) is 3. The lowest BCUT2D eigenvalue weighted by molar-refractivity contribution is -0.161. The molecular formula is C85H166O17P2. The lowest BCUT2D eigenvalue weighted by atomic mass is 9.99. The molecule has 0 saturated carbocycles. The standard InChI is InChI=1S/C85H166O17P2/c1-7-11-13-15-17-19-21-23-25-27-29-31-33-35-37-42-49-55-61-67-82(87)95-73-80(101-84(89)69-63-57-51-43-38-36-34-32-30-28-26-24-22-20-18-16-14-12-8-2)75-99-103(91,92)97-71-79(86)72-98-104(93,94)100-76-81(74-96-83(88)68-62-56-50-46-45-48-54-60-66-78(6)10-4)102-85(90)70-64-58-52-44-40-39-41-47-53-59-65-77(5)9-3/h77-81,86H,7-76H2,1-6H3,(H,91,92)(H,93,94)/t77?,78?,79-,80-,81-/m1/s1. The van der Waals surface area contributed by atoms with Crippen LogP contribution in [0.5, 0.6) is 0 Å². The van der Waals surface area contributed by atoms with E-state index in [1.165, 1.54) is 270 Å². The summed E-state index contributed by atoms with van der Waals surface area (Å²) in [5.41, 5.74) is 0. The van der Waals surface area contributed by atoms with Crippen molar-refractivity contribution in [3.05, 3.63) is 0 Å². The summed E-state index contributed by atoms with van der Waals surface area (Å²) < 4.78 is 68.9. The minimum Gasteiger partial charge on any atom is -0.462 e. The van der Waals surface area contributed by atoms with Crippen molar-refractivity contribution in [1.82, 2.24) is 0 Å². The molecule has 0 aromatic carbocycles. The minimum absolute atomic E-state index is 0.106. The first-order chi connectivity index (χ1) is 50.4. The monoisotopic (exact) mass is 1520 g/mol. The lowest BCUT2D eigenvalue weighted by Gasteiger charge is -2.21. The molecule has 0 radical (unpaired) electrons. The number of phosphoric acid groups is 2. The third-order valence-electron chi connectivity index (χ3n) is 20.7. The zero-order chi connectivity index (χ0) is 76.4. The Bertz CT molecular complexity index is 2000. The Kier molecular flexibility index (Phi) is 75.0. The van der Waals surface area contributed by atoms with Gasteiger partial charge in [-0.2, -0.15) is 0 Å². The van der Waals surface area contributed by atoms with E-state index in [1.54, 1.807) is 0 Å². The number of hydrogen-bond acceptors (Lipinski definition) is 15. The number of aliphatic hydroxyl groups is 1. The fourth-order valence-electron chi connectivity index (χ4n) is 13.2. The van der Waals surface area contributed by atoms with Gasteiger partial charge in [0.05, 0.1) is 26.4 Å². The van der Waals surface area contributed by atoms with Gasteiger partial charge in [-0.1, -0.05) is 401 Å². The highest BCUT2D eigenvalue weighted by molar-refractivity contribution is 7.47. The Balaban J connectivity index is 5.26. The van der Waals surface area contributed by atoms with E-state index in [0.717, 1.165) is 102 Å². The zero-order valence-corrected chi connectivity index (χ0v) is 70.1. The van der Waals surface area contributed by atoms with E-state index in [4.69, 9.17) is 37.0 Å². The van der Waals surface area contributed by atoms with E-state index in [-0.39, 0.29) is 25.7 Å². The van der Waals surface area contributed by atoms with Crippen molar-refractivity contribution in [2.75, 3.05) is 39.6 Å². The summed E-state index contributed by atoms with van der Waals surface area (Å²) in [6, 6.07) is 0. The van der Waals surface area contributed by atoms with Crippen LogP contribution in [0.15, 0.2) is 0 Å². The number of aliphatic hydroxyl groups excluding tert-OH is 1. The zero-order valence-electron chi connectivity index (χ0n) is 68.3. The molecule has 0 fully saturated rings. The molecule has 0 bridgehead atoms. The van der Waals surface area contributed by atoms with Crippen LogP contribution in [0.4, 0.5) is 0 Å². The molecule has 19 heteroatoms. The Labute approximate surface area is 638 Å². The molecule has 0 aliphatic rings. The van der Waals surface area contributed by atoms with Gasteiger partial charge in [-0.15, -0.1) is 0 Å². The van der Waals surface area contributed by atoms with Crippen LogP contribution in [0, 0.1) is 11.8 Å². The Morgan fingerprint density at radius 1 is 0.269 bits per heavy atom. The molecule has 618 valence electrons. The number of carbonyl (C=O) groups excluding carboxylic acids is 4. The van der Waals surface area contributed by atoms with Crippen LogP contribution in [0.3, 0.4) is 0 Å². The van der Waals surface area contributed by atoms with Gasteiger partial charge in [0.15, 0.2) is 12.2 Å². The van der Waals surface area contributed by atoms with Crippen LogP contribution in [0.25, 0.3) is 0 Å². The number of unbranched alkanes of at least 4 members (excludes halogenated alkanes) is 52. The van der Waals surface area contributed by atoms with Crippen LogP contribution >= 0.6 is 15.6 Å². The number of ether oxygens (including phenoxy) is 4. The second kappa shape index (κ2) is 76.4. The molecule has 0 heterocycles. The fourth-order valence-corrected chi connectivity index (χ4v) is 14.8. The lowest BCUT2D eigenvalue weighted by Crippen LogP contribution is -2.30. The third-order valence-corrected chi connectivity index (χ3v) is 22.6. The quantitative estimate of drug-likeness (QED) is 0.0222. The first kappa shape index (κ1) is 102. The van der Waals surface area contributed by atoms with Crippen LogP contribution in [0.1, 0.15) is 452 Å². The predicted molar refractivity (Wildman–Crippen MR) is 428 cm³/mol. The highest BCUT2D eigenvalue weighted by Crippen LogP contribution is 2.45. The molecule has 0 aromatic rings. The second-order valence-electron chi connectivity index (χ2n) is 31.1. The molecule has 4 unspecified atom stereocenters. The van der Waals surface area contributed by atoms with Crippen LogP contribution < -0.4 is 0 Å². The maximum atomic E-state index is 13.1. The highest BCUT2D eigenvalue weighted by Gasteiger charge is 2.30. The fraction of sp³-hybridized carbons (Fsp3) is 0.953. The summed E-state index contributed by atoms with van der Waals surface area (Å²) in [4.78, 5) is 73.2. The molecular weight excluding hydrogens is 1350 g/mol. The molecule has 0 aliphatic carbocycles. The number of esters is 4. The Morgan fingerprint density at radius 2 is 0.462 bits per heavy atom. The summed E-state index contributed by atoms with van der Waals surface area (Å²) >= 11 is 0. The van der Waals surface area contributed by atoms with Crippen LogP contribution in [-0.2, 0) is 65.4 Å². The third kappa shape index (κ3) is 75.5. The maximum absolute atomic E-state index is 13.1. The SMILES string of the molecule is CCCCCCCCCCCCCCCCCCCCCC(=O)OC[C@H](COP(=O)(O)OC[C@@H](O)COP(=O)(O)OC[C@@H](COC(=O)CCCCCCCCCCC(C)CC)OC(=O)CCCCCCCCCCCCC(C)CC)OC(=O)CCCCCCCCCCCCCCCCCCCCC. The van der Waals surface area contributed by atoms with Crippen molar-refractivity contribution in [2.24, 2.45) is 11.8 Å². The van der Waals surface area contributed by atoms with E-state index >= 15 is 0 Å². The minimum atomic E-state index is -4.97. The molecule has 104 heavy (non-hydrogen) atoms. The second-order valence-corrected chi connectivity index (χ2v) is 34.0. The van der Waals surface area contributed by atoms with Gasteiger partial charge in [0.2, 0.25) is 0 Å². The van der Waals surface area contributed by atoms with Crippen molar-refractivity contribution in [3.63, 3.8) is 0 Å². The maximum Gasteiger partial charge on any atom is 0.472 e. The van der Waals surface area contributed by atoms with E-state index in [1.807, 2.05) is 0 Å². The Hall–Kier alpha value is -1.94. The van der Waals surface area contributed by atoms with Gasteiger partial charge in [0.25, 0.3) is 0 Å². The first-order valence-corrected chi connectivity index (χ1v) is 47.1. The summed E-state index contributed by atoms with van der Waals surface area (Å²) in [6.07, 6.45) is 67.9. The molecule has 0 spiro atoms. The van der Waals surface area contributed by atoms with Crippen molar-refractivity contribution in [1.29, 1.82) is 0 Å². The molecule has 0 amide bonds. The van der Waals surface area contributed by atoms with Gasteiger partial charge < -0.3 is 33.8 Å². The molecule has 3 N–H and O–H groups in total. The van der Waals surface area contributed by atoms with Crippen molar-refractivity contribution in [3.8, 4) is 0 Å². The summed E-state index contributed by atoms with van der Waals surface area (Å²) in [6.45, 7) is 9.69. The normalized spacial score (nSPS) is 14.4. The first-order valence-electron chi connectivity index (χ1n) is 44.1. The van der Waals surface area contributed by atoms with Crippen LogP contribution in [0.2, 0.25) is 0 Å². The van der Waals surface area contributed by atoms with Gasteiger partial charge in [-0.25, -0.2) is 9.13 Å². The number of phosphoric ester groups is 2. The Morgan fingerprint density at radius 3 is 0.683 bits per heavy atom. The molecule has 0 aliphatic heterocycles. The van der Waals surface area contributed by atoms with Gasteiger partial charge in [-0.3, -0.25) is 37.3 Å². The van der Waals surface area contributed by atoms with Crippen molar-refractivity contribution < 1.29 is 80.2 Å². The van der Waals surface area contributed by atoms with E-state index < -0.39 is 97.5 Å². The van der Waals surface area contributed by atoms with Gasteiger partial charge in [0.1, 0.15) is 19.3 Å². The van der Waals surface area contributed by atoms with Crippen molar-refractivity contribution >= 4 is 39.5 Å². The van der Waals surface area contributed by atoms with Gasteiger partial charge >= 0.3 is 39.5 Å². The average molecular weight is 1520 g/mol. The van der Waals surface area contributed by atoms with Crippen molar-refractivity contribution in [2.45, 2.75) is 471 Å². The summed E-state index contributed by atoms with van der Waals surface area (Å²) in [7, 11) is -9.93. The summed E-state index contributed by atoms with van der Waals surface area (Å²) in [5.74, 6) is -0.523. The van der Waals surface area contributed by atoms with E-state index in [2.05, 4.69) is 41.5 Å². The molecule has 0 rings (SSSR count). The van der Waals surface area contributed by atoms with E-state index in [9.17, 15) is 43.2 Å². The highest BCUT2D eigenvalue weighted by atomic mass is 31.2. The molecule has 0 aromatic heterocycles. The van der Waals surface area contributed by atoms with E-state index in [0.29, 0.717) is 25.7 Å². The van der Waals surface area contributed by atoms with Gasteiger partial charge in [0, 0.05) is 25.7 Å². The topological polar surface area (TPSA) is 237 Å². The molecule has 7 atom stereocenters. The smallest absolute Gasteiger partial charge is 0.462 e. The molecule has 0 saturated heterocycles. The number of carbonyl (C=O) groups is 4.